The van der Waals surface area contributed by atoms with Crippen LogP contribution in [0, 0.1) is 0 Å². The van der Waals surface area contributed by atoms with Crippen LogP contribution in [0.4, 0.5) is 0 Å². The van der Waals surface area contributed by atoms with Crippen molar-refractivity contribution in [2.75, 3.05) is 19.6 Å². The molecule has 21 heavy (non-hydrogen) atoms. The van der Waals surface area contributed by atoms with Crippen molar-refractivity contribution >= 4 is 5.91 Å². The molecule has 3 rings (SSSR count). The van der Waals surface area contributed by atoms with E-state index in [9.17, 15) is 4.79 Å². The topological polar surface area (TPSA) is 45.2 Å². The molecule has 0 radical (unpaired) electrons. The lowest BCUT2D eigenvalue weighted by Gasteiger charge is -2.25. The third-order valence-electron chi connectivity index (χ3n) is 3.81. The number of amides is 1. The van der Waals surface area contributed by atoms with E-state index < -0.39 is 0 Å². The number of rotatable bonds is 2. The fourth-order valence-electron chi connectivity index (χ4n) is 2.69. The number of aromatic nitrogens is 1. The summed E-state index contributed by atoms with van der Waals surface area (Å²) in [6, 6.07) is 14.1. The predicted molar refractivity (Wildman–Crippen MR) is 81.9 cm³/mol. The number of benzene rings is 1. The summed E-state index contributed by atoms with van der Waals surface area (Å²) in [6.45, 7) is 2.42. The van der Waals surface area contributed by atoms with Gasteiger partial charge in [-0.15, -0.1) is 0 Å². The molecule has 4 heteroatoms. The van der Waals surface area contributed by atoms with Gasteiger partial charge in [-0.05, 0) is 30.7 Å². The van der Waals surface area contributed by atoms with Gasteiger partial charge in [-0.25, -0.2) is 0 Å². The first-order valence-corrected chi connectivity index (χ1v) is 7.32. The zero-order valence-electron chi connectivity index (χ0n) is 11.9. The molecule has 1 saturated heterocycles. The zero-order valence-corrected chi connectivity index (χ0v) is 11.9. The number of nitrogens with one attached hydrogen (secondary N) is 1. The van der Waals surface area contributed by atoms with Gasteiger partial charge in [0.1, 0.15) is 0 Å². The van der Waals surface area contributed by atoms with Gasteiger partial charge in [0.15, 0.2) is 0 Å². The molecule has 2 aromatic rings. The van der Waals surface area contributed by atoms with Crippen LogP contribution < -0.4 is 5.32 Å². The Hall–Kier alpha value is -2.20. The lowest BCUT2D eigenvalue weighted by molar-refractivity contribution is 0.0753. The number of hydrogen-bond donors (Lipinski definition) is 1. The molecule has 2 heterocycles. The summed E-state index contributed by atoms with van der Waals surface area (Å²) >= 11 is 0. The molecule has 1 atom stereocenters. The normalized spacial score (nSPS) is 19.0. The molecule has 1 fully saturated rings. The molecule has 108 valence electrons. The zero-order chi connectivity index (χ0) is 14.5. The molecule has 1 unspecified atom stereocenters. The van der Waals surface area contributed by atoms with Gasteiger partial charge in [0.25, 0.3) is 5.91 Å². The molecule has 1 aromatic heterocycles. The van der Waals surface area contributed by atoms with Crippen LogP contribution in [0.3, 0.4) is 0 Å². The SMILES string of the molecule is O=C(c1ccncc1)N1CCCNC(c2ccccc2)C1. The standard InChI is InChI=1S/C17H19N3O/c21-17(15-7-10-18-11-8-15)20-12-4-9-19-16(13-20)14-5-2-1-3-6-14/h1-3,5-8,10-11,16,19H,4,9,12-13H2. The van der Waals surface area contributed by atoms with E-state index in [1.165, 1.54) is 5.56 Å². The predicted octanol–water partition coefficient (Wildman–Crippen LogP) is 2.26. The van der Waals surface area contributed by atoms with E-state index in [2.05, 4.69) is 22.4 Å². The first kappa shape index (κ1) is 13.8. The van der Waals surface area contributed by atoms with Crippen molar-refractivity contribution < 1.29 is 4.79 Å². The maximum Gasteiger partial charge on any atom is 0.254 e. The Morgan fingerprint density at radius 2 is 1.90 bits per heavy atom. The second-order valence-corrected chi connectivity index (χ2v) is 5.26. The van der Waals surface area contributed by atoms with Gasteiger partial charge in [0.05, 0.1) is 0 Å². The molecule has 1 N–H and O–H groups in total. The third-order valence-corrected chi connectivity index (χ3v) is 3.81. The van der Waals surface area contributed by atoms with Crippen LogP contribution in [0.15, 0.2) is 54.9 Å². The van der Waals surface area contributed by atoms with Gasteiger partial charge in [0, 0.05) is 37.1 Å². The molecule has 4 nitrogen and oxygen atoms in total. The summed E-state index contributed by atoms with van der Waals surface area (Å²) in [5.74, 6) is 0.0852. The lowest BCUT2D eigenvalue weighted by Crippen LogP contribution is -2.36. The van der Waals surface area contributed by atoms with Crippen LogP contribution in [-0.4, -0.2) is 35.4 Å². The van der Waals surface area contributed by atoms with Crippen molar-refractivity contribution in [2.45, 2.75) is 12.5 Å². The van der Waals surface area contributed by atoms with E-state index in [-0.39, 0.29) is 11.9 Å². The lowest BCUT2D eigenvalue weighted by atomic mass is 10.1. The Bertz CT molecular complexity index is 585. The fraction of sp³-hybridized carbons (Fsp3) is 0.294. The van der Waals surface area contributed by atoms with Crippen molar-refractivity contribution in [3.63, 3.8) is 0 Å². The molecule has 1 aromatic carbocycles. The monoisotopic (exact) mass is 281 g/mol. The van der Waals surface area contributed by atoms with Crippen molar-refractivity contribution in [1.29, 1.82) is 0 Å². The van der Waals surface area contributed by atoms with Crippen LogP contribution in [0.25, 0.3) is 0 Å². The Balaban J connectivity index is 1.78. The van der Waals surface area contributed by atoms with Gasteiger partial charge >= 0.3 is 0 Å². The number of carbonyl (C=O) groups is 1. The smallest absolute Gasteiger partial charge is 0.254 e. The van der Waals surface area contributed by atoms with E-state index in [1.54, 1.807) is 24.5 Å². The van der Waals surface area contributed by atoms with Gasteiger partial charge in [-0.2, -0.15) is 0 Å². The summed E-state index contributed by atoms with van der Waals surface area (Å²) in [4.78, 5) is 18.5. The van der Waals surface area contributed by atoms with Gasteiger partial charge in [0.2, 0.25) is 0 Å². The molecular formula is C17H19N3O. The number of nitrogens with zero attached hydrogens (tertiary/aromatic N) is 2. The highest BCUT2D eigenvalue weighted by Gasteiger charge is 2.23. The Morgan fingerprint density at radius 3 is 2.67 bits per heavy atom. The highest BCUT2D eigenvalue weighted by molar-refractivity contribution is 5.94. The van der Waals surface area contributed by atoms with E-state index in [0.29, 0.717) is 12.1 Å². The molecule has 0 bridgehead atoms. The average Bonchev–Trinajstić information content (AvgIpc) is 2.82. The second-order valence-electron chi connectivity index (χ2n) is 5.26. The highest BCUT2D eigenvalue weighted by Crippen LogP contribution is 2.18. The van der Waals surface area contributed by atoms with Gasteiger partial charge < -0.3 is 10.2 Å². The average molecular weight is 281 g/mol. The minimum atomic E-state index is 0.0852. The van der Waals surface area contributed by atoms with E-state index in [0.717, 1.165) is 19.5 Å². The summed E-state index contributed by atoms with van der Waals surface area (Å²) in [7, 11) is 0. The maximum atomic E-state index is 12.6. The molecule has 1 aliphatic rings. The Labute approximate surface area is 124 Å². The van der Waals surface area contributed by atoms with Crippen LogP contribution >= 0.6 is 0 Å². The van der Waals surface area contributed by atoms with Crippen LogP contribution in [0.5, 0.6) is 0 Å². The Morgan fingerprint density at radius 1 is 1.14 bits per heavy atom. The summed E-state index contributed by atoms with van der Waals surface area (Å²) in [5.41, 5.74) is 1.94. The van der Waals surface area contributed by atoms with Crippen LogP contribution in [0.2, 0.25) is 0 Å². The number of carbonyl (C=O) groups excluding carboxylic acids is 1. The molecule has 0 spiro atoms. The van der Waals surface area contributed by atoms with Crippen molar-refractivity contribution in [1.82, 2.24) is 15.2 Å². The number of hydrogen-bond acceptors (Lipinski definition) is 3. The van der Waals surface area contributed by atoms with E-state index >= 15 is 0 Å². The molecule has 1 aliphatic heterocycles. The minimum absolute atomic E-state index is 0.0852. The maximum absolute atomic E-state index is 12.6. The molecule has 0 saturated carbocycles. The fourth-order valence-corrected chi connectivity index (χ4v) is 2.69. The number of pyridine rings is 1. The van der Waals surface area contributed by atoms with Gasteiger partial charge in [-0.3, -0.25) is 9.78 Å². The van der Waals surface area contributed by atoms with Crippen LogP contribution in [-0.2, 0) is 0 Å². The molecule has 0 aliphatic carbocycles. The van der Waals surface area contributed by atoms with E-state index in [4.69, 9.17) is 0 Å². The highest BCUT2D eigenvalue weighted by atomic mass is 16.2. The van der Waals surface area contributed by atoms with Crippen molar-refractivity contribution in [3.8, 4) is 0 Å². The Kier molecular flexibility index (Phi) is 4.26. The largest absolute Gasteiger partial charge is 0.337 e. The minimum Gasteiger partial charge on any atom is -0.337 e. The van der Waals surface area contributed by atoms with Crippen molar-refractivity contribution in [3.05, 3.63) is 66.0 Å². The summed E-state index contributed by atoms with van der Waals surface area (Å²) in [5, 5.41) is 3.53. The quantitative estimate of drug-likeness (QED) is 0.918. The third kappa shape index (κ3) is 3.28. The first-order chi connectivity index (χ1) is 10.3. The van der Waals surface area contributed by atoms with Crippen LogP contribution in [0.1, 0.15) is 28.4 Å². The van der Waals surface area contributed by atoms with E-state index in [1.807, 2.05) is 23.1 Å². The molecule has 1 amide bonds. The second kappa shape index (κ2) is 6.50. The first-order valence-electron chi connectivity index (χ1n) is 7.32. The van der Waals surface area contributed by atoms with Crippen molar-refractivity contribution in [2.24, 2.45) is 0 Å². The molecular weight excluding hydrogens is 262 g/mol. The summed E-state index contributed by atoms with van der Waals surface area (Å²) in [6.07, 6.45) is 4.30. The summed E-state index contributed by atoms with van der Waals surface area (Å²) < 4.78 is 0. The van der Waals surface area contributed by atoms with Gasteiger partial charge in [-0.1, -0.05) is 30.3 Å².